The minimum absolute atomic E-state index is 0.0943. The van der Waals surface area contributed by atoms with Crippen LogP contribution in [-0.2, 0) is 9.59 Å². The molecule has 1 saturated heterocycles. The summed E-state index contributed by atoms with van der Waals surface area (Å²) in [6, 6.07) is 0. The van der Waals surface area contributed by atoms with E-state index >= 15 is 0 Å². The molecule has 0 aromatic carbocycles. The second kappa shape index (κ2) is 8.25. The molecule has 1 rings (SSSR count). The van der Waals surface area contributed by atoms with Gasteiger partial charge >= 0.3 is 5.97 Å². The van der Waals surface area contributed by atoms with E-state index in [2.05, 4.69) is 20.8 Å². The number of hydrogen-bond donors (Lipinski definition) is 1. The van der Waals surface area contributed by atoms with E-state index < -0.39 is 5.97 Å². The zero-order valence-electron chi connectivity index (χ0n) is 13.0. The monoisotopic (exact) mass is 284 g/mol. The number of carbonyl (C=O) groups is 2. The topological polar surface area (TPSA) is 60.9 Å². The number of likely N-dealkylation sites (tertiary alicyclic amines) is 1. The lowest BCUT2D eigenvalue weighted by molar-refractivity contribution is -0.139. The van der Waals surface area contributed by atoms with Gasteiger partial charge in [0.1, 0.15) is 0 Å². The number of hydrogen-bond acceptors (Lipinski definition) is 3. The van der Waals surface area contributed by atoms with Gasteiger partial charge in [-0.25, -0.2) is 0 Å². The molecule has 1 aliphatic rings. The first-order chi connectivity index (χ1) is 9.38. The fraction of sp³-hybridized carbons (Fsp3) is 0.867. The van der Waals surface area contributed by atoms with Crippen molar-refractivity contribution < 1.29 is 14.7 Å². The van der Waals surface area contributed by atoms with Gasteiger partial charge in [0.25, 0.3) is 0 Å². The average molecular weight is 284 g/mol. The number of rotatable bonds is 7. The Morgan fingerprint density at radius 2 is 1.90 bits per heavy atom. The molecule has 1 fully saturated rings. The fourth-order valence-electron chi connectivity index (χ4n) is 2.55. The van der Waals surface area contributed by atoms with E-state index in [1.54, 1.807) is 0 Å². The molecule has 1 heterocycles. The molecule has 0 bridgehead atoms. The Kier molecular flexibility index (Phi) is 6.99. The first-order valence-electron chi connectivity index (χ1n) is 7.60. The van der Waals surface area contributed by atoms with Gasteiger partial charge < -0.3 is 10.0 Å². The van der Waals surface area contributed by atoms with Crippen LogP contribution < -0.4 is 0 Å². The Bertz CT molecular complexity index is 323. The molecule has 0 aromatic heterocycles. The molecule has 1 N–H and O–H groups in total. The Morgan fingerprint density at radius 3 is 2.40 bits per heavy atom. The van der Waals surface area contributed by atoms with Gasteiger partial charge in [-0.05, 0) is 24.7 Å². The Balaban J connectivity index is 2.45. The van der Waals surface area contributed by atoms with Gasteiger partial charge in [0.2, 0.25) is 5.91 Å². The van der Waals surface area contributed by atoms with Crippen molar-refractivity contribution in [3.63, 3.8) is 0 Å². The number of carboxylic acid groups (broad SMARTS) is 1. The number of carbonyl (C=O) groups excluding carboxylic acids is 1. The highest BCUT2D eigenvalue weighted by Crippen LogP contribution is 2.16. The largest absolute Gasteiger partial charge is 0.481 e. The van der Waals surface area contributed by atoms with Crippen LogP contribution in [0.2, 0.25) is 0 Å². The Hall–Kier alpha value is -1.10. The molecule has 20 heavy (non-hydrogen) atoms. The maximum Gasteiger partial charge on any atom is 0.304 e. The van der Waals surface area contributed by atoms with E-state index in [-0.39, 0.29) is 12.3 Å². The van der Waals surface area contributed by atoms with Crippen molar-refractivity contribution in [2.45, 2.75) is 40.0 Å². The summed E-state index contributed by atoms with van der Waals surface area (Å²) < 4.78 is 0. The fourth-order valence-corrected chi connectivity index (χ4v) is 2.55. The molecule has 1 amide bonds. The van der Waals surface area contributed by atoms with Crippen molar-refractivity contribution in [2.24, 2.45) is 11.8 Å². The van der Waals surface area contributed by atoms with Crippen LogP contribution >= 0.6 is 0 Å². The number of nitrogens with zero attached hydrogens (tertiary/aromatic N) is 2. The summed E-state index contributed by atoms with van der Waals surface area (Å²) in [5.41, 5.74) is 0. The molecule has 1 aliphatic heterocycles. The summed E-state index contributed by atoms with van der Waals surface area (Å²) >= 11 is 0. The predicted molar refractivity (Wildman–Crippen MR) is 78.5 cm³/mol. The molecule has 0 aliphatic carbocycles. The van der Waals surface area contributed by atoms with Crippen molar-refractivity contribution in [1.82, 2.24) is 9.80 Å². The molecule has 5 nitrogen and oxygen atoms in total. The lowest BCUT2D eigenvalue weighted by Gasteiger charge is -2.32. The molecule has 0 atom stereocenters. The molecular formula is C15H28N2O3. The molecular weight excluding hydrogens is 256 g/mol. The van der Waals surface area contributed by atoms with Crippen molar-refractivity contribution in [2.75, 3.05) is 32.7 Å². The van der Waals surface area contributed by atoms with Crippen molar-refractivity contribution >= 4 is 11.9 Å². The Morgan fingerprint density at radius 1 is 1.30 bits per heavy atom. The van der Waals surface area contributed by atoms with Gasteiger partial charge in [0, 0.05) is 26.2 Å². The number of aliphatic carboxylic acids is 1. The predicted octanol–water partition coefficient (Wildman–Crippen LogP) is 1.68. The molecule has 0 unspecified atom stereocenters. The van der Waals surface area contributed by atoms with E-state index in [1.807, 2.05) is 9.80 Å². The van der Waals surface area contributed by atoms with Crippen LogP contribution in [-0.4, -0.2) is 59.5 Å². The van der Waals surface area contributed by atoms with Crippen LogP contribution in [0.1, 0.15) is 40.0 Å². The standard InChI is InChI=1S/C15H28N2O3/c1-12(2)10-16(7-6-15(19)20)11-14(18)17-8-4-13(3)5-9-17/h12-13H,4-11H2,1-3H3,(H,19,20). The third kappa shape index (κ3) is 6.37. The number of carboxylic acids is 1. The molecule has 0 spiro atoms. The van der Waals surface area contributed by atoms with Gasteiger partial charge in [-0.1, -0.05) is 20.8 Å². The van der Waals surface area contributed by atoms with Gasteiger partial charge in [0.15, 0.2) is 0 Å². The second-order valence-corrected chi connectivity index (χ2v) is 6.34. The van der Waals surface area contributed by atoms with E-state index in [0.717, 1.165) is 32.5 Å². The number of piperidine rings is 1. The molecule has 0 radical (unpaired) electrons. The van der Waals surface area contributed by atoms with Crippen molar-refractivity contribution in [1.29, 1.82) is 0 Å². The molecule has 116 valence electrons. The SMILES string of the molecule is CC(C)CN(CCC(=O)O)CC(=O)N1CCC(C)CC1. The lowest BCUT2D eigenvalue weighted by Crippen LogP contribution is -2.45. The third-order valence-electron chi connectivity index (χ3n) is 3.76. The highest BCUT2D eigenvalue weighted by molar-refractivity contribution is 5.78. The van der Waals surface area contributed by atoms with Gasteiger partial charge in [-0.15, -0.1) is 0 Å². The first-order valence-corrected chi connectivity index (χ1v) is 7.60. The first kappa shape index (κ1) is 17.0. The maximum absolute atomic E-state index is 12.3. The van der Waals surface area contributed by atoms with Crippen LogP contribution in [0.4, 0.5) is 0 Å². The minimum Gasteiger partial charge on any atom is -0.481 e. The van der Waals surface area contributed by atoms with Crippen molar-refractivity contribution in [3.8, 4) is 0 Å². The highest BCUT2D eigenvalue weighted by atomic mass is 16.4. The molecule has 0 aromatic rings. The van der Waals surface area contributed by atoms with Gasteiger partial charge in [-0.2, -0.15) is 0 Å². The van der Waals surface area contributed by atoms with Crippen LogP contribution in [0, 0.1) is 11.8 Å². The summed E-state index contributed by atoms with van der Waals surface area (Å²) in [6.07, 6.45) is 2.24. The van der Waals surface area contributed by atoms with Crippen LogP contribution in [0.5, 0.6) is 0 Å². The van der Waals surface area contributed by atoms with Crippen LogP contribution in [0.25, 0.3) is 0 Å². The zero-order chi connectivity index (χ0) is 15.1. The second-order valence-electron chi connectivity index (χ2n) is 6.34. The Labute approximate surface area is 121 Å². The van der Waals surface area contributed by atoms with Crippen LogP contribution in [0.15, 0.2) is 0 Å². The summed E-state index contributed by atoms with van der Waals surface area (Å²) in [5, 5.41) is 8.79. The summed E-state index contributed by atoms with van der Waals surface area (Å²) in [7, 11) is 0. The summed E-state index contributed by atoms with van der Waals surface area (Å²) in [6.45, 7) is 9.64. The van der Waals surface area contributed by atoms with E-state index in [9.17, 15) is 9.59 Å². The highest BCUT2D eigenvalue weighted by Gasteiger charge is 2.22. The summed E-state index contributed by atoms with van der Waals surface area (Å²) in [5.74, 6) is 0.469. The van der Waals surface area contributed by atoms with Crippen molar-refractivity contribution in [3.05, 3.63) is 0 Å². The van der Waals surface area contributed by atoms with Gasteiger partial charge in [-0.3, -0.25) is 14.5 Å². The molecule has 5 heteroatoms. The smallest absolute Gasteiger partial charge is 0.304 e. The third-order valence-corrected chi connectivity index (χ3v) is 3.76. The average Bonchev–Trinajstić information content (AvgIpc) is 2.36. The normalized spacial score (nSPS) is 16.9. The van der Waals surface area contributed by atoms with Crippen LogP contribution in [0.3, 0.4) is 0 Å². The lowest BCUT2D eigenvalue weighted by atomic mass is 9.99. The zero-order valence-corrected chi connectivity index (χ0v) is 13.0. The minimum atomic E-state index is -0.807. The quantitative estimate of drug-likeness (QED) is 0.772. The maximum atomic E-state index is 12.3. The number of amides is 1. The van der Waals surface area contributed by atoms with E-state index in [1.165, 1.54) is 0 Å². The van der Waals surface area contributed by atoms with E-state index in [0.29, 0.717) is 24.9 Å². The molecule has 0 saturated carbocycles. The summed E-state index contributed by atoms with van der Waals surface area (Å²) in [4.78, 5) is 26.9. The van der Waals surface area contributed by atoms with Gasteiger partial charge in [0.05, 0.1) is 13.0 Å². The van der Waals surface area contributed by atoms with E-state index in [4.69, 9.17) is 5.11 Å².